The molecule has 0 aliphatic rings. The first-order chi connectivity index (χ1) is 8.45. The van der Waals surface area contributed by atoms with E-state index in [0.29, 0.717) is 13.2 Å². The number of nitrogens with one attached hydrogen (secondary N) is 1. The van der Waals surface area contributed by atoms with Gasteiger partial charge in [0, 0.05) is 13.7 Å². The summed E-state index contributed by atoms with van der Waals surface area (Å²) in [5.41, 5.74) is -0.409. The molecule has 108 valence electrons. The average Bonchev–Trinajstić information content (AvgIpc) is 2.24. The highest BCUT2D eigenvalue weighted by atomic mass is 16.6. The molecule has 0 unspecified atom stereocenters. The summed E-state index contributed by atoms with van der Waals surface area (Å²) in [7, 11) is 1.66. The summed E-state index contributed by atoms with van der Waals surface area (Å²) in [6.45, 7) is 8.66. The number of unbranched alkanes of at least 4 members (excludes halogenated alkanes) is 1. The number of hydrogen-bond donors (Lipinski definition) is 1. The highest BCUT2D eigenvalue weighted by Gasteiger charge is 2.15. The lowest BCUT2D eigenvalue weighted by molar-refractivity contribution is -0.153. The maximum absolute atomic E-state index is 11.3. The van der Waals surface area contributed by atoms with E-state index in [1.807, 2.05) is 20.8 Å². The molecule has 0 amide bonds. The van der Waals surface area contributed by atoms with Crippen LogP contribution in [-0.4, -0.2) is 51.6 Å². The van der Waals surface area contributed by atoms with Crippen LogP contribution in [0.4, 0.5) is 0 Å². The van der Waals surface area contributed by atoms with Gasteiger partial charge in [0.05, 0.1) is 19.8 Å². The minimum Gasteiger partial charge on any atom is -0.459 e. The summed E-state index contributed by atoms with van der Waals surface area (Å²) in [5, 5.41) is 3.06. The van der Waals surface area contributed by atoms with Crippen molar-refractivity contribution in [3.8, 4) is 0 Å². The molecule has 0 aromatic rings. The Morgan fingerprint density at radius 3 is 2.44 bits per heavy atom. The second-order valence-corrected chi connectivity index (χ2v) is 5.08. The molecule has 0 aliphatic carbocycles. The van der Waals surface area contributed by atoms with Gasteiger partial charge in [-0.2, -0.15) is 0 Å². The van der Waals surface area contributed by atoms with Crippen LogP contribution < -0.4 is 5.32 Å². The zero-order chi connectivity index (χ0) is 13.9. The molecule has 0 aliphatic heterocycles. The van der Waals surface area contributed by atoms with Crippen LogP contribution in [0.3, 0.4) is 0 Å². The molecule has 0 heterocycles. The molecule has 0 fully saturated rings. The average molecular weight is 261 g/mol. The predicted molar refractivity (Wildman–Crippen MR) is 70.6 cm³/mol. The second kappa shape index (κ2) is 10.3. The van der Waals surface area contributed by atoms with Crippen molar-refractivity contribution in [2.45, 2.75) is 39.2 Å². The Labute approximate surface area is 110 Å². The number of esters is 1. The molecule has 0 radical (unpaired) electrons. The van der Waals surface area contributed by atoms with Gasteiger partial charge < -0.3 is 19.5 Å². The van der Waals surface area contributed by atoms with Crippen molar-refractivity contribution in [2.24, 2.45) is 0 Å². The lowest BCUT2D eigenvalue weighted by Gasteiger charge is -2.19. The highest BCUT2D eigenvalue weighted by Crippen LogP contribution is 2.06. The molecule has 5 heteroatoms. The van der Waals surface area contributed by atoms with Gasteiger partial charge in [0.15, 0.2) is 0 Å². The van der Waals surface area contributed by atoms with Crippen LogP contribution in [0, 0.1) is 0 Å². The van der Waals surface area contributed by atoms with Crippen molar-refractivity contribution < 1.29 is 19.0 Å². The number of hydrogen-bond acceptors (Lipinski definition) is 5. The molecule has 0 spiro atoms. The molecule has 5 nitrogen and oxygen atoms in total. The van der Waals surface area contributed by atoms with E-state index >= 15 is 0 Å². The van der Waals surface area contributed by atoms with Gasteiger partial charge >= 0.3 is 5.97 Å². The summed E-state index contributed by atoms with van der Waals surface area (Å²) in [4.78, 5) is 11.3. The fraction of sp³-hybridized carbons (Fsp3) is 0.923. The third-order valence-corrected chi connectivity index (χ3v) is 2.01. The van der Waals surface area contributed by atoms with E-state index in [1.54, 1.807) is 7.11 Å². The summed E-state index contributed by atoms with van der Waals surface area (Å²) < 4.78 is 15.4. The Kier molecular flexibility index (Phi) is 9.92. The summed E-state index contributed by atoms with van der Waals surface area (Å²) >= 11 is 0. The fourth-order valence-corrected chi connectivity index (χ4v) is 1.27. The molecule has 0 bridgehead atoms. The maximum atomic E-state index is 11.3. The standard InChI is InChI=1S/C13H27NO4/c1-13(2,3)18-12(15)11-14-7-5-6-8-17-10-9-16-4/h14H,5-11H2,1-4H3. The lowest BCUT2D eigenvalue weighted by atomic mass is 10.2. The van der Waals surface area contributed by atoms with Crippen molar-refractivity contribution in [1.29, 1.82) is 0 Å². The molecule has 1 N–H and O–H groups in total. The Hall–Kier alpha value is -0.650. The van der Waals surface area contributed by atoms with E-state index in [-0.39, 0.29) is 12.5 Å². The molecule has 0 saturated carbocycles. The lowest BCUT2D eigenvalue weighted by Crippen LogP contribution is -2.31. The molecule has 0 aromatic heterocycles. The number of methoxy groups -OCH3 is 1. The molecule has 0 rings (SSSR count). The molecular formula is C13H27NO4. The van der Waals surface area contributed by atoms with Gasteiger partial charge in [0.2, 0.25) is 0 Å². The summed E-state index contributed by atoms with van der Waals surface area (Å²) in [5.74, 6) is -0.209. The van der Waals surface area contributed by atoms with E-state index in [9.17, 15) is 4.79 Å². The van der Waals surface area contributed by atoms with E-state index in [4.69, 9.17) is 14.2 Å². The van der Waals surface area contributed by atoms with Gasteiger partial charge in [0.1, 0.15) is 5.60 Å². The molecule has 0 saturated heterocycles. The number of carbonyl (C=O) groups is 1. The topological polar surface area (TPSA) is 56.8 Å². The largest absolute Gasteiger partial charge is 0.459 e. The van der Waals surface area contributed by atoms with Gasteiger partial charge in [-0.25, -0.2) is 0 Å². The number of carbonyl (C=O) groups excluding carboxylic acids is 1. The smallest absolute Gasteiger partial charge is 0.320 e. The Balaban J connectivity index is 3.23. The SMILES string of the molecule is COCCOCCCCNCC(=O)OC(C)(C)C. The summed E-state index contributed by atoms with van der Waals surface area (Å²) in [6, 6.07) is 0. The van der Waals surface area contributed by atoms with Gasteiger partial charge in [-0.05, 0) is 40.2 Å². The van der Waals surface area contributed by atoms with Gasteiger partial charge in [0.25, 0.3) is 0 Å². The fourth-order valence-electron chi connectivity index (χ4n) is 1.27. The van der Waals surface area contributed by atoms with Crippen molar-refractivity contribution in [3.63, 3.8) is 0 Å². The quantitative estimate of drug-likeness (QED) is 0.475. The van der Waals surface area contributed by atoms with E-state index in [0.717, 1.165) is 26.0 Å². The Morgan fingerprint density at radius 1 is 1.11 bits per heavy atom. The monoisotopic (exact) mass is 261 g/mol. The van der Waals surface area contributed by atoms with E-state index in [1.165, 1.54) is 0 Å². The number of ether oxygens (including phenoxy) is 3. The van der Waals surface area contributed by atoms with Crippen molar-refractivity contribution in [1.82, 2.24) is 5.32 Å². The normalized spacial score (nSPS) is 11.6. The maximum Gasteiger partial charge on any atom is 0.320 e. The Bertz CT molecular complexity index is 214. The molecule has 0 atom stereocenters. The number of rotatable bonds is 10. The van der Waals surface area contributed by atoms with Crippen LogP contribution >= 0.6 is 0 Å². The Morgan fingerprint density at radius 2 is 1.83 bits per heavy atom. The zero-order valence-corrected chi connectivity index (χ0v) is 12.1. The second-order valence-electron chi connectivity index (χ2n) is 5.08. The van der Waals surface area contributed by atoms with E-state index in [2.05, 4.69) is 5.32 Å². The van der Waals surface area contributed by atoms with Crippen LogP contribution in [0.25, 0.3) is 0 Å². The molecule has 18 heavy (non-hydrogen) atoms. The minimum atomic E-state index is -0.409. The van der Waals surface area contributed by atoms with Crippen molar-refractivity contribution in [2.75, 3.05) is 40.0 Å². The van der Waals surface area contributed by atoms with Crippen molar-refractivity contribution in [3.05, 3.63) is 0 Å². The highest BCUT2D eigenvalue weighted by molar-refractivity contribution is 5.72. The van der Waals surface area contributed by atoms with Crippen LogP contribution in [0.1, 0.15) is 33.6 Å². The minimum absolute atomic E-state index is 0.209. The van der Waals surface area contributed by atoms with Crippen molar-refractivity contribution >= 4 is 5.97 Å². The summed E-state index contributed by atoms with van der Waals surface area (Å²) in [6.07, 6.45) is 1.96. The first-order valence-electron chi connectivity index (χ1n) is 6.45. The third-order valence-electron chi connectivity index (χ3n) is 2.01. The van der Waals surface area contributed by atoms with Crippen LogP contribution in [0.5, 0.6) is 0 Å². The van der Waals surface area contributed by atoms with E-state index < -0.39 is 5.60 Å². The molecule has 0 aromatic carbocycles. The molecular weight excluding hydrogens is 234 g/mol. The first-order valence-corrected chi connectivity index (χ1v) is 6.45. The van der Waals surface area contributed by atoms with Crippen LogP contribution in [0.15, 0.2) is 0 Å². The van der Waals surface area contributed by atoms with Crippen LogP contribution in [-0.2, 0) is 19.0 Å². The first kappa shape index (κ1) is 17.4. The zero-order valence-electron chi connectivity index (χ0n) is 12.1. The van der Waals surface area contributed by atoms with Gasteiger partial charge in [-0.15, -0.1) is 0 Å². The van der Waals surface area contributed by atoms with Crippen LogP contribution in [0.2, 0.25) is 0 Å². The third kappa shape index (κ3) is 13.4. The van der Waals surface area contributed by atoms with Gasteiger partial charge in [-0.3, -0.25) is 4.79 Å². The predicted octanol–water partition coefficient (Wildman–Crippen LogP) is 1.36. The van der Waals surface area contributed by atoms with Gasteiger partial charge in [-0.1, -0.05) is 0 Å².